The first-order valence-electron chi connectivity index (χ1n) is 21.2. The van der Waals surface area contributed by atoms with E-state index >= 15 is 0 Å². The Bertz CT molecular complexity index is 1020. The number of esters is 1. The van der Waals surface area contributed by atoms with Crippen molar-refractivity contribution >= 4 is 12.3 Å². The summed E-state index contributed by atoms with van der Waals surface area (Å²) in [5.41, 5.74) is 8.06. The molecule has 6 rings (SSSR count). The van der Waals surface area contributed by atoms with Gasteiger partial charge in [-0.2, -0.15) is 17.9 Å². The molecule has 1 saturated heterocycles. The van der Waals surface area contributed by atoms with E-state index in [1.807, 2.05) is 13.8 Å². The van der Waals surface area contributed by atoms with E-state index in [9.17, 15) is 9.59 Å². The van der Waals surface area contributed by atoms with Crippen molar-refractivity contribution in [1.29, 1.82) is 0 Å². The molecule has 8 nitrogen and oxygen atoms in total. The van der Waals surface area contributed by atoms with Crippen LogP contribution in [0.2, 0.25) is 0 Å². The molecule has 1 aliphatic heterocycles. The molecule has 1 radical (unpaired) electrons. The third-order valence-electron chi connectivity index (χ3n) is 14.5. The molecule has 5 aliphatic carbocycles. The molecule has 9 heteroatoms. The number of aliphatic hydroxyl groups excluding tert-OH is 1. The number of unbranched alkanes of at least 4 members (excludes halogenated alkanes) is 2. The number of rotatable bonds is 7. The Morgan fingerprint density at radius 2 is 1.42 bits per heavy atom. The Morgan fingerprint density at radius 1 is 0.846 bits per heavy atom. The van der Waals surface area contributed by atoms with Crippen LogP contribution >= 0.6 is 0 Å². The van der Waals surface area contributed by atoms with Crippen LogP contribution in [0.1, 0.15) is 165 Å². The summed E-state index contributed by atoms with van der Waals surface area (Å²) in [5, 5.41) is 17.3. The van der Waals surface area contributed by atoms with Gasteiger partial charge in [-0.25, -0.2) is 0 Å². The van der Waals surface area contributed by atoms with Crippen LogP contribution in [-0.4, -0.2) is 84.0 Å². The first-order chi connectivity index (χ1) is 24.3. The summed E-state index contributed by atoms with van der Waals surface area (Å²) in [7, 11) is 1.00. The number of ether oxygens (including phenoxy) is 1. The van der Waals surface area contributed by atoms with E-state index in [1.54, 1.807) is 5.92 Å². The van der Waals surface area contributed by atoms with Crippen LogP contribution < -0.4 is 5.73 Å². The van der Waals surface area contributed by atoms with Gasteiger partial charge in [-0.1, -0.05) is 94.4 Å². The average molecular weight is 810 g/mol. The van der Waals surface area contributed by atoms with Crippen LogP contribution in [0, 0.1) is 45.8 Å². The number of hydrogen-bond acceptors (Lipinski definition) is 8. The van der Waals surface area contributed by atoms with E-state index in [4.69, 9.17) is 20.8 Å². The minimum atomic E-state index is -0.124. The van der Waals surface area contributed by atoms with Crippen molar-refractivity contribution in [2.24, 2.45) is 45.7 Å². The zero-order chi connectivity index (χ0) is 38.5. The molecule has 6 aliphatic rings. The monoisotopic (exact) mass is 810 g/mol. The van der Waals surface area contributed by atoms with E-state index < -0.39 is 0 Å². The van der Waals surface area contributed by atoms with Gasteiger partial charge in [-0.3, -0.25) is 4.79 Å². The summed E-state index contributed by atoms with van der Waals surface area (Å²) in [6.45, 7) is 25.2. The molecule has 0 aromatic carbocycles. The van der Waals surface area contributed by atoms with Crippen LogP contribution in [0.15, 0.2) is 0 Å². The summed E-state index contributed by atoms with van der Waals surface area (Å²) in [4.78, 5) is 25.5. The van der Waals surface area contributed by atoms with Gasteiger partial charge in [-0.15, -0.1) is 5.92 Å². The third kappa shape index (κ3) is 11.3. The summed E-state index contributed by atoms with van der Waals surface area (Å²) in [6.07, 6.45) is 18.6. The number of piperazine rings is 1. The standard InChI is InChI=1S/C30H48NO3.C6H14N2O.C4H10.C2H6.CH4O.Y/c1-27(2)22-13-16-29(4)23(14-18-30(31)21-9-7-8-20(21)11-12-24(29)30)28(22,3)17-15-25(27)34-26(33)10-5-6-19-32;1-2-7-3-5-8(9)6-4-7;1-3-4-2;2*1-2;/h19,21-25H,5-18,31H2,1-4H3;9H,2-6H2,1H3;3-4H2,1-2H3;1-2H3;2H,1H3;/q-1;;;;;. The molecule has 5 saturated carbocycles. The largest absolute Gasteiger partial charge is 0.462 e. The maximum absolute atomic E-state index is 12.5. The van der Waals surface area contributed by atoms with Crippen molar-refractivity contribution in [2.45, 2.75) is 177 Å². The molecule has 1 heterocycles. The molecule has 0 bridgehead atoms. The number of hydrogen-bond donors (Lipinski definition) is 3. The molecule has 8 unspecified atom stereocenters. The van der Waals surface area contributed by atoms with Crippen molar-refractivity contribution in [3.05, 3.63) is 5.92 Å². The zero-order valence-electron chi connectivity index (χ0n) is 35.5. The number of fused-ring (bicyclic) bond motifs is 7. The average Bonchev–Trinajstić information content (AvgIpc) is 3.63. The second-order valence-electron chi connectivity index (χ2n) is 17.3. The fourth-order valence-electron chi connectivity index (χ4n) is 11.8. The van der Waals surface area contributed by atoms with Gasteiger partial charge in [-0.05, 0) is 85.6 Å². The number of carbonyl (C=O) groups excluding carboxylic acids is 2. The second kappa shape index (κ2) is 23.3. The summed E-state index contributed by atoms with van der Waals surface area (Å²) in [5.74, 6) is 4.30. The van der Waals surface area contributed by atoms with E-state index in [2.05, 4.69) is 53.4 Å². The van der Waals surface area contributed by atoms with Crippen molar-refractivity contribution in [2.75, 3.05) is 39.8 Å². The van der Waals surface area contributed by atoms with Gasteiger partial charge < -0.3 is 36.4 Å². The van der Waals surface area contributed by atoms with Gasteiger partial charge in [0.2, 0.25) is 0 Å². The molecule has 6 fully saturated rings. The van der Waals surface area contributed by atoms with Gasteiger partial charge in [0, 0.05) is 84.3 Å². The SMILES string of the molecule is CC.CC1(C)C(OC(=O)CCCC=O)CCC2(C)C1CCC1(C)C2CCC2(N)C3CCC[C-]3CCC12.CCCC.CCN1CCN(O)CC1.CO.[Y]. The molecule has 0 aromatic rings. The maximum atomic E-state index is 12.5. The van der Waals surface area contributed by atoms with Crippen molar-refractivity contribution in [1.82, 2.24) is 9.96 Å². The van der Waals surface area contributed by atoms with Gasteiger partial charge in [0.25, 0.3) is 0 Å². The van der Waals surface area contributed by atoms with Crippen LogP contribution in [0.4, 0.5) is 0 Å². The van der Waals surface area contributed by atoms with Crippen LogP contribution in [0.5, 0.6) is 0 Å². The van der Waals surface area contributed by atoms with E-state index in [-0.39, 0.29) is 61.2 Å². The van der Waals surface area contributed by atoms with E-state index in [0.717, 1.165) is 59.0 Å². The predicted molar refractivity (Wildman–Crippen MR) is 210 cm³/mol. The number of aldehydes is 1. The Kier molecular flexibility index (Phi) is 22.4. The molecule has 303 valence electrons. The van der Waals surface area contributed by atoms with Crippen LogP contribution in [0.25, 0.3) is 0 Å². The number of hydroxylamine groups is 2. The first kappa shape index (κ1) is 50.1. The second-order valence-corrected chi connectivity index (χ2v) is 17.3. The van der Waals surface area contributed by atoms with Gasteiger partial charge >= 0.3 is 5.97 Å². The molecule has 0 amide bonds. The van der Waals surface area contributed by atoms with E-state index in [1.165, 1.54) is 75.7 Å². The molecular formula is C43H82N3O5Y-. The van der Waals surface area contributed by atoms with Crippen molar-refractivity contribution < 1.29 is 57.3 Å². The normalized spacial score (nSPS) is 36.2. The molecule has 52 heavy (non-hydrogen) atoms. The number of nitrogens with zero attached hydrogens (tertiary/aromatic N) is 2. The molecule has 4 N–H and O–H groups in total. The zero-order valence-corrected chi connectivity index (χ0v) is 38.3. The summed E-state index contributed by atoms with van der Waals surface area (Å²) in [6, 6.07) is 0. The molecule has 0 spiro atoms. The number of likely N-dealkylation sites (N-methyl/N-ethyl adjacent to an activating group) is 1. The Morgan fingerprint density at radius 3 is 2.00 bits per heavy atom. The maximum Gasteiger partial charge on any atom is 0.306 e. The fourth-order valence-corrected chi connectivity index (χ4v) is 11.8. The smallest absolute Gasteiger partial charge is 0.306 e. The predicted octanol–water partition coefficient (Wildman–Crippen LogP) is 8.85. The Labute approximate surface area is 345 Å². The van der Waals surface area contributed by atoms with Crippen LogP contribution in [-0.2, 0) is 47.0 Å². The number of nitrogens with two attached hydrogens (primary N) is 1. The Balaban J connectivity index is 0.000000630. The summed E-state index contributed by atoms with van der Waals surface area (Å²) < 4.78 is 6.08. The fraction of sp³-hybridized carbons (Fsp3) is 0.930. The first-order valence-corrected chi connectivity index (χ1v) is 21.2. The quantitative estimate of drug-likeness (QED) is 0.101. The van der Waals surface area contributed by atoms with E-state index in [0.29, 0.717) is 48.3 Å². The number of carbonyl (C=O) groups is 2. The molecule has 0 aromatic heterocycles. The third-order valence-corrected chi connectivity index (χ3v) is 14.5. The van der Waals surface area contributed by atoms with Crippen molar-refractivity contribution in [3.63, 3.8) is 0 Å². The summed E-state index contributed by atoms with van der Waals surface area (Å²) >= 11 is 0. The Hall–Kier alpha value is 0.0439. The van der Waals surface area contributed by atoms with Gasteiger partial charge in [0.1, 0.15) is 12.4 Å². The van der Waals surface area contributed by atoms with Gasteiger partial charge in [0.15, 0.2) is 0 Å². The minimum Gasteiger partial charge on any atom is -0.462 e. The van der Waals surface area contributed by atoms with Gasteiger partial charge in [0.05, 0.1) is 0 Å². The topological polar surface area (TPSA) is 116 Å². The minimum absolute atomic E-state index is 0. The van der Waals surface area contributed by atoms with Crippen LogP contribution in [0.3, 0.4) is 0 Å². The molecular weight excluding hydrogens is 727 g/mol. The molecule has 8 atom stereocenters. The number of aliphatic hydroxyl groups is 1. The van der Waals surface area contributed by atoms with Crippen molar-refractivity contribution in [3.8, 4) is 0 Å².